The maximum Gasteiger partial charge on any atom is 0.308 e. The quantitative estimate of drug-likeness (QED) is 0.310. The van der Waals surface area contributed by atoms with Gasteiger partial charge in [-0.15, -0.1) is 0 Å². The molecule has 106 valence electrons. The van der Waals surface area contributed by atoms with Gasteiger partial charge in [-0.05, 0) is 23.7 Å². The van der Waals surface area contributed by atoms with E-state index in [-0.39, 0.29) is 11.3 Å². The predicted molar refractivity (Wildman–Crippen MR) is 76.1 cm³/mol. The summed E-state index contributed by atoms with van der Waals surface area (Å²) in [6.45, 7) is 5.25. The van der Waals surface area contributed by atoms with Crippen LogP contribution in [0.3, 0.4) is 0 Å². The highest BCUT2D eigenvalue weighted by molar-refractivity contribution is 6.83. The molecule has 2 rings (SSSR count). The Balaban J connectivity index is 0.000000956. The van der Waals surface area contributed by atoms with E-state index in [1.807, 2.05) is 13.8 Å². The van der Waals surface area contributed by atoms with Crippen LogP contribution in [0, 0.1) is 0 Å². The molecule has 0 radical (unpaired) electrons. The summed E-state index contributed by atoms with van der Waals surface area (Å²) in [5.74, 6) is -1.15. The van der Waals surface area contributed by atoms with Crippen molar-refractivity contribution in [2.45, 2.75) is 20.8 Å². The number of ether oxygens (including phenoxy) is 1. The number of halogens is 1. The van der Waals surface area contributed by atoms with E-state index in [1.165, 1.54) is 19.2 Å². The average molecular weight is 296 g/mol. The van der Waals surface area contributed by atoms with Gasteiger partial charge in [-0.1, -0.05) is 19.9 Å². The number of hydrogen-bond acceptors (Lipinski definition) is 4. The number of H-pyrrole nitrogens is 1. The lowest BCUT2D eigenvalue weighted by molar-refractivity contribution is -0.131. The summed E-state index contributed by atoms with van der Waals surface area (Å²) in [5, 5.41) is -0.722. The van der Waals surface area contributed by atoms with Gasteiger partial charge in [0, 0.05) is 18.6 Å². The molecular weight excluding hydrogens is 282 g/mol. The Morgan fingerprint density at radius 1 is 1.20 bits per heavy atom. The molecule has 0 amide bonds. The molecule has 20 heavy (non-hydrogen) atoms. The van der Waals surface area contributed by atoms with Crippen molar-refractivity contribution in [1.29, 1.82) is 0 Å². The molecule has 0 saturated heterocycles. The maximum absolute atomic E-state index is 11.6. The van der Waals surface area contributed by atoms with E-state index < -0.39 is 17.0 Å². The number of aromatic amines is 1. The average Bonchev–Trinajstić information content (AvgIpc) is 2.84. The van der Waals surface area contributed by atoms with Crippen LogP contribution in [0.25, 0.3) is 10.9 Å². The molecular formula is C14H14ClNO4. The molecule has 0 saturated carbocycles. The van der Waals surface area contributed by atoms with Gasteiger partial charge in [0.15, 0.2) is 0 Å². The topological polar surface area (TPSA) is 76.2 Å². The normalized spacial score (nSPS) is 9.60. The van der Waals surface area contributed by atoms with Crippen LogP contribution in [0.4, 0.5) is 0 Å². The first-order chi connectivity index (χ1) is 9.50. The molecule has 0 aliphatic rings. The first-order valence-corrected chi connectivity index (χ1v) is 6.41. The van der Waals surface area contributed by atoms with Crippen molar-refractivity contribution in [3.05, 3.63) is 30.0 Å². The molecule has 1 heterocycles. The highest BCUT2D eigenvalue weighted by atomic mass is 35.5. The summed E-state index contributed by atoms with van der Waals surface area (Å²) in [6.07, 6.45) is 1.36. The number of ketones is 1. The van der Waals surface area contributed by atoms with Gasteiger partial charge in [-0.25, -0.2) is 0 Å². The lowest BCUT2D eigenvalue weighted by atomic mass is 10.1. The third-order valence-corrected chi connectivity index (χ3v) is 2.52. The molecule has 1 aromatic carbocycles. The summed E-state index contributed by atoms with van der Waals surface area (Å²) in [7, 11) is 0. The lowest BCUT2D eigenvalue weighted by Crippen LogP contribution is -2.08. The Kier molecular flexibility index (Phi) is 5.46. The minimum atomic E-state index is -1.09. The third kappa shape index (κ3) is 3.24. The van der Waals surface area contributed by atoms with E-state index in [9.17, 15) is 14.4 Å². The number of esters is 1. The van der Waals surface area contributed by atoms with E-state index in [0.717, 1.165) is 0 Å². The van der Waals surface area contributed by atoms with Crippen LogP contribution in [0.5, 0.6) is 5.75 Å². The molecule has 0 spiro atoms. The van der Waals surface area contributed by atoms with Gasteiger partial charge in [0.25, 0.3) is 5.24 Å². The fourth-order valence-corrected chi connectivity index (χ4v) is 1.78. The molecule has 0 atom stereocenters. The second-order valence-corrected chi connectivity index (χ2v) is 3.92. The van der Waals surface area contributed by atoms with Crippen molar-refractivity contribution in [2.75, 3.05) is 0 Å². The molecule has 6 heteroatoms. The Bertz CT molecular complexity index is 660. The van der Waals surface area contributed by atoms with Crippen molar-refractivity contribution in [3.8, 4) is 5.75 Å². The Hall–Kier alpha value is -2.14. The zero-order valence-electron chi connectivity index (χ0n) is 11.3. The number of rotatable bonds is 3. The van der Waals surface area contributed by atoms with Crippen molar-refractivity contribution >= 4 is 39.5 Å². The van der Waals surface area contributed by atoms with E-state index in [4.69, 9.17) is 16.3 Å². The molecule has 1 N–H and O–H groups in total. The van der Waals surface area contributed by atoms with Crippen molar-refractivity contribution in [3.63, 3.8) is 0 Å². The van der Waals surface area contributed by atoms with Crippen LogP contribution in [-0.2, 0) is 9.59 Å². The van der Waals surface area contributed by atoms with E-state index in [2.05, 4.69) is 4.98 Å². The lowest BCUT2D eigenvalue weighted by Gasteiger charge is -2.03. The molecule has 0 aliphatic heterocycles. The molecule has 0 fully saturated rings. The Labute approximate surface area is 120 Å². The number of hydrogen-bond donors (Lipinski definition) is 1. The van der Waals surface area contributed by atoms with Gasteiger partial charge < -0.3 is 9.72 Å². The predicted octanol–water partition coefficient (Wildman–Crippen LogP) is 3.07. The van der Waals surface area contributed by atoms with Crippen molar-refractivity contribution in [2.24, 2.45) is 0 Å². The van der Waals surface area contributed by atoms with E-state index in [0.29, 0.717) is 10.9 Å². The van der Waals surface area contributed by atoms with Gasteiger partial charge in [0.05, 0.1) is 10.9 Å². The highest BCUT2D eigenvalue weighted by Crippen LogP contribution is 2.29. The number of aromatic nitrogens is 1. The standard InChI is InChI=1S/C12H8ClNO4.C2H6/c1-6(15)18-9-4-2-3-8-10(9)7(5-14-8)11(16)12(13)17;1-2/h2-5,14H,1H3;1-2H3. The first kappa shape index (κ1) is 15.9. The number of carbonyl (C=O) groups excluding carboxylic acids is 3. The van der Waals surface area contributed by atoms with E-state index in [1.54, 1.807) is 12.1 Å². The second kappa shape index (κ2) is 6.86. The van der Waals surface area contributed by atoms with Gasteiger partial charge >= 0.3 is 5.97 Å². The number of nitrogens with one attached hydrogen (secondary N) is 1. The van der Waals surface area contributed by atoms with Crippen LogP contribution < -0.4 is 4.74 Å². The zero-order chi connectivity index (χ0) is 15.3. The van der Waals surface area contributed by atoms with Gasteiger partial charge in [-0.2, -0.15) is 0 Å². The zero-order valence-corrected chi connectivity index (χ0v) is 12.1. The van der Waals surface area contributed by atoms with Crippen LogP contribution in [0.1, 0.15) is 31.1 Å². The van der Waals surface area contributed by atoms with Crippen LogP contribution >= 0.6 is 11.6 Å². The number of fused-ring (bicyclic) bond motifs is 1. The molecule has 5 nitrogen and oxygen atoms in total. The second-order valence-electron chi connectivity index (χ2n) is 3.58. The fraction of sp³-hybridized carbons (Fsp3) is 0.214. The molecule has 0 aliphatic carbocycles. The van der Waals surface area contributed by atoms with Gasteiger partial charge in [0.2, 0.25) is 5.78 Å². The fourth-order valence-electron chi connectivity index (χ4n) is 1.68. The maximum atomic E-state index is 11.6. The Morgan fingerprint density at radius 3 is 2.40 bits per heavy atom. The van der Waals surface area contributed by atoms with Crippen LogP contribution in [-0.4, -0.2) is 22.0 Å². The summed E-state index contributed by atoms with van der Waals surface area (Å²) >= 11 is 5.17. The van der Waals surface area contributed by atoms with Crippen molar-refractivity contribution in [1.82, 2.24) is 4.98 Å². The first-order valence-electron chi connectivity index (χ1n) is 6.03. The monoisotopic (exact) mass is 295 g/mol. The van der Waals surface area contributed by atoms with Gasteiger partial charge in [0.1, 0.15) is 5.75 Å². The van der Waals surface area contributed by atoms with Gasteiger partial charge in [-0.3, -0.25) is 14.4 Å². The number of carbonyl (C=O) groups is 3. The largest absolute Gasteiger partial charge is 0.426 e. The SMILES string of the molecule is CC.CC(=O)Oc1cccc2[nH]cc(C(=O)C(=O)Cl)c12. The van der Waals surface area contributed by atoms with E-state index >= 15 is 0 Å². The third-order valence-electron chi connectivity index (χ3n) is 2.34. The minimum Gasteiger partial charge on any atom is -0.426 e. The molecule has 0 bridgehead atoms. The summed E-state index contributed by atoms with van der Waals surface area (Å²) in [4.78, 5) is 36.3. The van der Waals surface area contributed by atoms with Crippen LogP contribution in [0.2, 0.25) is 0 Å². The number of benzene rings is 1. The Morgan fingerprint density at radius 2 is 1.85 bits per heavy atom. The smallest absolute Gasteiger partial charge is 0.308 e. The molecule has 1 aromatic heterocycles. The minimum absolute atomic E-state index is 0.0850. The highest BCUT2D eigenvalue weighted by Gasteiger charge is 2.20. The number of Topliss-reactive ketones (excluding diaryl/α,β-unsaturated/α-hetero) is 1. The summed E-state index contributed by atoms with van der Waals surface area (Å²) in [6, 6.07) is 4.89. The van der Waals surface area contributed by atoms with Crippen LogP contribution in [0.15, 0.2) is 24.4 Å². The summed E-state index contributed by atoms with van der Waals surface area (Å²) in [5.41, 5.74) is 0.664. The molecule has 0 unspecified atom stereocenters. The molecule has 2 aromatic rings. The van der Waals surface area contributed by atoms with Crippen molar-refractivity contribution < 1.29 is 19.1 Å². The summed E-state index contributed by atoms with van der Waals surface area (Å²) < 4.78 is 4.99.